The molecule has 1 aliphatic carbocycles. The van der Waals surface area contributed by atoms with E-state index in [4.69, 9.17) is 0 Å². The smallest absolute Gasteiger partial charge is 0.321 e. The first kappa shape index (κ1) is 24.5. The molecule has 2 aromatic rings. The third-order valence-electron chi connectivity index (χ3n) is 5.46. The van der Waals surface area contributed by atoms with Gasteiger partial charge in [-0.1, -0.05) is 18.2 Å². The van der Waals surface area contributed by atoms with Crippen molar-refractivity contribution >= 4 is 17.3 Å². The topological polar surface area (TPSA) is 72.2 Å². The minimum absolute atomic E-state index is 0.0278. The SMILES string of the molecule is Cc1cc(C(F)(C(F)(F)F)C(F)(F)F)cc(C)c1NC(=O)c1cccc([N+](=O)[O-])c1C1CC1. The van der Waals surface area contributed by atoms with Crippen LogP contribution in [0.3, 0.4) is 0 Å². The molecule has 0 atom stereocenters. The number of alkyl halides is 7. The van der Waals surface area contributed by atoms with E-state index in [9.17, 15) is 45.6 Å². The maximum atomic E-state index is 14.4. The van der Waals surface area contributed by atoms with Gasteiger partial charge in [-0.25, -0.2) is 4.39 Å². The maximum absolute atomic E-state index is 14.4. The molecule has 1 saturated carbocycles. The Kier molecular flexibility index (Phi) is 5.93. The summed E-state index contributed by atoms with van der Waals surface area (Å²) < 4.78 is 93.0. The molecule has 0 aliphatic heterocycles. The van der Waals surface area contributed by atoms with Crippen molar-refractivity contribution in [3.8, 4) is 0 Å². The summed E-state index contributed by atoms with van der Waals surface area (Å²) in [5.41, 5.74) is -7.94. The van der Waals surface area contributed by atoms with Gasteiger partial charge in [-0.05, 0) is 49.8 Å². The minimum atomic E-state index is -6.27. The Morgan fingerprint density at radius 3 is 1.94 bits per heavy atom. The lowest BCUT2D eigenvalue weighted by atomic mass is 9.90. The van der Waals surface area contributed by atoms with Gasteiger partial charge in [-0.3, -0.25) is 14.9 Å². The number of aryl methyl sites for hydroxylation is 2. The average molecular weight is 478 g/mol. The fraction of sp³-hybridized carbons (Fsp3) is 0.381. The molecule has 1 aliphatic rings. The van der Waals surface area contributed by atoms with E-state index in [2.05, 4.69) is 5.32 Å². The van der Waals surface area contributed by atoms with Crippen molar-refractivity contribution in [1.82, 2.24) is 0 Å². The van der Waals surface area contributed by atoms with Crippen molar-refractivity contribution in [2.45, 2.75) is 50.6 Å². The zero-order chi connectivity index (χ0) is 24.9. The van der Waals surface area contributed by atoms with E-state index in [-0.39, 0.29) is 39.5 Å². The van der Waals surface area contributed by atoms with E-state index in [0.717, 1.165) is 13.8 Å². The second-order valence-corrected chi connectivity index (χ2v) is 7.86. The van der Waals surface area contributed by atoms with Gasteiger partial charge < -0.3 is 5.32 Å². The van der Waals surface area contributed by atoms with E-state index in [1.54, 1.807) is 0 Å². The maximum Gasteiger partial charge on any atom is 0.435 e. The number of nitro benzene ring substituents is 1. The Hall–Kier alpha value is -3.18. The van der Waals surface area contributed by atoms with Crippen LogP contribution < -0.4 is 5.32 Å². The number of halogens is 7. The van der Waals surface area contributed by atoms with Crippen LogP contribution in [0.2, 0.25) is 0 Å². The van der Waals surface area contributed by atoms with Gasteiger partial charge in [0.1, 0.15) is 0 Å². The number of nitro groups is 1. The summed E-state index contributed by atoms with van der Waals surface area (Å²) in [5, 5.41) is 13.7. The molecule has 3 rings (SSSR count). The van der Waals surface area contributed by atoms with Crippen LogP contribution in [-0.4, -0.2) is 23.2 Å². The summed E-state index contributed by atoms with van der Waals surface area (Å²) >= 11 is 0. The number of anilines is 1. The third-order valence-corrected chi connectivity index (χ3v) is 5.46. The van der Waals surface area contributed by atoms with Crippen LogP contribution in [0.15, 0.2) is 30.3 Å². The standard InChI is InChI=1S/C21H17F7N2O3/c1-10-8-13(19(22,20(23,24)25)21(26,27)28)9-11(2)17(10)29-18(31)14-4-3-5-15(30(32)33)16(14)12-6-7-12/h3-5,8-9,12H,6-7H2,1-2H3,(H,29,31). The molecule has 0 aromatic heterocycles. The summed E-state index contributed by atoms with van der Waals surface area (Å²) in [5.74, 6) is -1.03. The van der Waals surface area contributed by atoms with Gasteiger partial charge in [0, 0.05) is 28.4 Å². The van der Waals surface area contributed by atoms with Crippen molar-refractivity contribution < 1.29 is 40.5 Å². The van der Waals surface area contributed by atoms with Crippen molar-refractivity contribution in [2.75, 3.05) is 5.32 Å². The molecule has 2 aromatic carbocycles. The number of amides is 1. The second-order valence-electron chi connectivity index (χ2n) is 7.86. The lowest BCUT2D eigenvalue weighted by molar-refractivity contribution is -0.385. The van der Waals surface area contributed by atoms with Crippen LogP contribution in [-0.2, 0) is 5.67 Å². The number of benzene rings is 2. The number of rotatable bonds is 5. The molecule has 0 spiro atoms. The van der Waals surface area contributed by atoms with Crippen molar-refractivity contribution in [3.05, 3.63) is 68.3 Å². The molecule has 12 heteroatoms. The molecule has 5 nitrogen and oxygen atoms in total. The zero-order valence-corrected chi connectivity index (χ0v) is 17.2. The molecule has 178 valence electrons. The number of hydrogen-bond donors (Lipinski definition) is 1. The second kappa shape index (κ2) is 7.99. The first-order valence-corrected chi connectivity index (χ1v) is 9.62. The molecular formula is C21H17F7N2O3. The number of carbonyl (C=O) groups excluding carboxylic acids is 1. The number of hydrogen-bond acceptors (Lipinski definition) is 3. The van der Waals surface area contributed by atoms with Gasteiger partial charge in [0.05, 0.1) is 4.92 Å². The Morgan fingerprint density at radius 1 is 1.00 bits per heavy atom. The van der Waals surface area contributed by atoms with Gasteiger partial charge in [0.15, 0.2) is 0 Å². The van der Waals surface area contributed by atoms with Crippen molar-refractivity contribution in [3.63, 3.8) is 0 Å². The summed E-state index contributed by atoms with van der Waals surface area (Å²) in [6, 6.07) is 4.63. The quantitative estimate of drug-likeness (QED) is 0.298. The van der Waals surface area contributed by atoms with Crippen LogP contribution >= 0.6 is 0 Å². The highest BCUT2D eigenvalue weighted by atomic mass is 19.4. The first-order valence-electron chi connectivity index (χ1n) is 9.62. The highest BCUT2D eigenvalue weighted by Gasteiger charge is 2.73. The monoisotopic (exact) mass is 478 g/mol. The Balaban J connectivity index is 2.03. The summed E-state index contributed by atoms with van der Waals surface area (Å²) in [7, 11) is 0. The molecule has 0 unspecified atom stereocenters. The van der Waals surface area contributed by atoms with Gasteiger partial charge in [-0.2, -0.15) is 26.3 Å². The van der Waals surface area contributed by atoms with Crippen molar-refractivity contribution in [1.29, 1.82) is 0 Å². The van der Waals surface area contributed by atoms with E-state index in [0.29, 0.717) is 25.0 Å². The van der Waals surface area contributed by atoms with Gasteiger partial charge in [0.2, 0.25) is 0 Å². The molecule has 0 heterocycles. The van der Waals surface area contributed by atoms with Crippen LogP contribution in [0.25, 0.3) is 0 Å². The fourth-order valence-electron chi connectivity index (χ4n) is 3.74. The lowest BCUT2D eigenvalue weighted by Gasteiger charge is -2.31. The fourth-order valence-corrected chi connectivity index (χ4v) is 3.74. The largest absolute Gasteiger partial charge is 0.435 e. The molecule has 1 N–H and O–H groups in total. The Bertz CT molecular complexity index is 1080. The van der Waals surface area contributed by atoms with E-state index in [1.807, 2.05) is 0 Å². The minimum Gasteiger partial charge on any atom is -0.321 e. The molecule has 0 radical (unpaired) electrons. The van der Waals surface area contributed by atoms with Gasteiger partial charge in [-0.15, -0.1) is 0 Å². The van der Waals surface area contributed by atoms with E-state index >= 15 is 0 Å². The zero-order valence-electron chi connectivity index (χ0n) is 17.2. The summed E-state index contributed by atoms with van der Waals surface area (Å²) in [6.07, 6.45) is -11.3. The van der Waals surface area contributed by atoms with Gasteiger partial charge >= 0.3 is 18.0 Å². The molecule has 0 saturated heterocycles. The predicted molar refractivity (Wildman–Crippen MR) is 104 cm³/mol. The van der Waals surface area contributed by atoms with E-state index in [1.165, 1.54) is 18.2 Å². The van der Waals surface area contributed by atoms with Crippen LogP contribution in [0.4, 0.5) is 42.1 Å². The lowest BCUT2D eigenvalue weighted by Crippen LogP contribution is -2.50. The Morgan fingerprint density at radius 2 is 1.52 bits per heavy atom. The van der Waals surface area contributed by atoms with Crippen LogP contribution in [0.1, 0.15) is 51.4 Å². The van der Waals surface area contributed by atoms with Crippen molar-refractivity contribution in [2.24, 2.45) is 0 Å². The van der Waals surface area contributed by atoms with Gasteiger partial charge in [0.25, 0.3) is 11.6 Å². The predicted octanol–water partition coefficient (Wildman–Crippen LogP) is 6.63. The highest BCUT2D eigenvalue weighted by Crippen LogP contribution is 2.54. The first-order chi connectivity index (χ1) is 15.1. The summed E-state index contributed by atoms with van der Waals surface area (Å²) in [4.78, 5) is 23.6. The normalized spacial score (nSPS) is 14.8. The number of nitrogens with one attached hydrogen (secondary N) is 1. The molecule has 1 fully saturated rings. The van der Waals surface area contributed by atoms with Crippen LogP contribution in [0, 0.1) is 24.0 Å². The number of nitrogens with zero attached hydrogens (tertiary/aromatic N) is 1. The Labute approximate surface area is 182 Å². The van der Waals surface area contributed by atoms with E-state index < -0.39 is 34.4 Å². The molecule has 1 amide bonds. The van der Waals surface area contributed by atoms with Crippen LogP contribution in [0.5, 0.6) is 0 Å². The number of carbonyl (C=O) groups is 1. The molecular weight excluding hydrogens is 461 g/mol. The highest BCUT2D eigenvalue weighted by molar-refractivity contribution is 6.07. The third kappa shape index (κ3) is 4.25. The average Bonchev–Trinajstić information content (AvgIpc) is 3.52. The summed E-state index contributed by atoms with van der Waals surface area (Å²) in [6.45, 7) is 2.24. The molecule has 33 heavy (non-hydrogen) atoms. The molecule has 0 bridgehead atoms.